The van der Waals surface area contributed by atoms with Crippen LogP contribution in [0.25, 0.3) is 6.08 Å². The maximum Gasteiger partial charge on any atom is 0.127 e. The molecule has 0 amide bonds. The third kappa shape index (κ3) is 2.86. The van der Waals surface area contributed by atoms with E-state index >= 15 is 0 Å². The zero-order valence-electron chi connectivity index (χ0n) is 14.3. The standard InChI is InChI=1S/C21H24O2/c1-14-15(2)20-18(16(3)19(14)22)13-21(4,23-20)12-8-11-17-9-6-5-7-10-17/h5-11,22H,12-13H2,1-4H3. The highest BCUT2D eigenvalue weighted by molar-refractivity contribution is 5.59. The van der Waals surface area contributed by atoms with Crippen molar-refractivity contribution >= 4 is 6.08 Å². The Kier molecular flexibility index (Phi) is 3.93. The number of hydrogen-bond donors (Lipinski definition) is 1. The summed E-state index contributed by atoms with van der Waals surface area (Å²) in [5.41, 5.74) is 5.04. The molecule has 1 aliphatic heterocycles. The van der Waals surface area contributed by atoms with Crippen molar-refractivity contribution in [2.24, 2.45) is 0 Å². The molecule has 0 radical (unpaired) electrons. The van der Waals surface area contributed by atoms with Crippen LogP contribution in [0.3, 0.4) is 0 Å². The van der Waals surface area contributed by atoms with Gasteiger partial charge >= 0.3 is 0 Å². The van der Waals surface area contributed by atoms with Gasteiger partial charge in [0.05, 0.1) is 0 Å². The monoisotopic (exact) mass is 308 g/mol. The lowest BCUT2D eigenvalue weighted by Crippen LogP contribution is -2.29. The van der Waals surface area contributed by atoms with Gasteiger partial charge in [0.15, 0.2) is 0 Å². The predicted molar refractivity (Wildman–Crippen MR) is 95.1 cm³/mol. The van der Waals surface area contributed by atoms with Crippen LogP contribution >= 0.6 is 0 Å². The largest absolute Gasteiger partial charge is 0.507 e. The molecule has 1 atom stereocenters. The Bertz CT molecular complexity index is 720. The number of benzene rings is 2. The fourth-order valence-corrected chi connectivity index (χ4v) is 3.30. The second-order valence-electron chi connectivity index (χ2n) is 6.78. The van der Waals surface area contributed by atoms with Crippen LogP contribution in [0.4, 0.5) is 0 Å². The van der Waals surface area contributed by atoms with Crippen LogP contribution < -0.4 is 4.74 Å². The van der Waals surface area contributed by atoms with E-state index in [0.717, 1.165) is 40.8 Å². The van der Waals surface area contributed by atoms with Gasteiger partial charge in [-0.15, -0.1) is 0 Å². The molecule has 2 aromatic rings. The fraction of sp³-hybridized carbons (Fsp3) is 0.333. The average molecular weight is 308 g/mol. The van der Waals surface area contributed by atoms with Crippen LogP contribution in [0.1, 0.15) is 41.2 Å². The Morgan fingerprint density at radius 3 is 2.48 bits per heavy atom. The summed E-state index contributed by atoms with van der Waals surface area (Å²) in [6.07, 6.45) is 6.00. The first kappa shape index (κ1) is 15.7. The van der Waals surface area contributed by atoms with Gasteiger partial charge in [-0.3, -0.25) is 0 Å². The lowest BCUT2D eigenvalue weighted by molar-refractivity contribution is 0.119. The number of phenols is 1. The lowest BCUT2D eigenvalue weighted by atomic mass is 9.91. The van der Waals surface area contributed by atoms with Crippen LogP contribution in [0.15, 0.2) is 36.4 Å². The average Bonchev–Trinajstić information content (AvgIpc) is 2.90. The first-order chi connectivity index (χ1) is 10.9. The summed E-state index contributed by atoms with van der Waals surface area (Å²) in [4.78, 5) is 0. The summed E-state index contributed by atoms with van der Waals surface area (Å²) in [5, 5.41) is 10.3. The van der Waals surface area contributed by atoms with Crippen LogP contribution in [-0.4, -0.2) is 10.7 Å². The molecule has 2 nitrogen and oxygen atoms in total. The predicted octanol–water partition coefficient (Wildman–Crippen LogP) is 5.11. The Labute approximate surface area is 138 Å². The highest BCUT2D eigenvalue weighted by atomic mass is 16.5. The maximum atomic E-state index is 10.3. The van der Waals surface area contributed by atoms with Crippen molar-refractivity contribution in [2.75, 3.05) is 0 Å². The van der Waals surface area contributed by atoms with Crippen molar-refractivity contribution in [3.63, 3.8) is 0 Å². The molecule has 0 aliphatic carbocycles. The Hall–Kier alpha value is -2.22. The van der Waals surface area contributed by atoms with Crippen molar-refractivity contribution in [2.45, 2.75) is 46.1 Å². The van der Waals surface area contributed by atoms with Gasteiger partial charge in [0.2, 0.25) is 0 Å². The van der Waals surface area contributed by atoms with Crippen molar-refractivity contribution in [1.29, 1.82) is 0 Å². The molecular formula is C21H24O2. The Morgan fingerprint density at radius 2 is 1.78 bits per heavy atom. The second kappa shape index (κ2) is 5.77. The minimum absolute atomic E-state index is 0.247. The molecule has 1 unspecified atom stereocenters. The SMILES string of the molecule is Cc1c(C)c2c(c(C)c1O)CC(C)(CC=Cc1ccccc1)O2. The normalized spacial score (nSPS) is 19.8. The van der Waals surface area contributed by atoms with Crippen LogP contribution in [0.2, 0.25) is 0 Å². The number of fused-ring (bicyclic) bond motifs is 1. The van der Waals surface area contributed by atoms with Crippen molar-refractivity contribution in [3.05, 3.63) is 64.2 Å². The number of hydrogen-bond acceptors (Lipinski definition) is 2. The molecule has 2 aromatic carbocycles. The molecule has 0 aromatic heterocycles. The smallest absolute Gasteiger partial charge is 0.127 e. The Morgan fingerprint density at radius 1 is 1.09 bits per heavy atom. The Balaban J connectivity index is 1.82. The minimum Gasteiger partial charge on any atom is -0.507 e. The highest BCUT2D eigenvalue weighted by Crippen LogP contribution is 2.45. The van der Waals surface area contributed by atoms with E-state index in [2.05, 4.69) is 31.2 Å². The zero-order valence-corrected chi connectivity index (χ0v) is 14.3. The third-order valence-electron chi connectivity index (χ3n) is 4.90. The van der Waals surface area contributed by atoms with Gasteiger partial charge in [-0.05, 0) is 49.9 Å². The third-order valence-corrected chi connectivity index (χ3v) is 4.90. The molecule has 0 saturated heterocycles. The van der Waals surface area contributed by atoms with Gasteiger partial charge in [0.1, 0.15) is 17.1 Å². The number of aromatic hydroxyl groups is 1. The highest BCUT2D eigenvalue weighted by Gasteiger charge is 2.37. The molecular weight excluding hydrogens is 284 g/mol. The fourth-order valence-electron chi connectivity index (χ4n) is 3.30. The summed E-state index contributed by atoms with van der Waals surface area (Å²) < 4.78 is 6.32. The summed E-state index contributed by atoms with van der Waals surface area (Å²) in [5.74, 6) is 1.38. The van der Waals surface area contributed by atoms with Gasteiger partial charge in [0.25, 0.3) is 0 Å². The van der Waals surface area contributed by atoms with E-state index in [4.69, 9.17) is 4.74 Å². The first-order valence-corrected chi connectivity index (χ1v) is 8.13. The maximum absolute atomic E-state index is 10.3. The number of ether oxygens (including phenoxy) is 1. The summed E-state index contributed by atoms with van der Waals surface area (Å²) in [7, 11) is 0. The molecule has 3 rings (SSSR count). The van der Waals surface area contributed by atoms with Crippen molar-refractivity contribution in [3.8, 4) is 11.5 Å². The first-order valence-electron chi connectivity index (χ1n) is 8.13. The molecule has 0 spiro atoms. The second-order valence-corrected chi connectivity index (χ2v) is 6.78. The molecule has 1 heterocycles. The van der Waals surface area contributed by atoms with E-state index < -0.39 is 0 Å². The molecule has 1 aliphatic rings. The van der Waals surface area contributed by atoms with Gasteiger partial charge in [-0.2, -0.15) is 0 Å². The van der Waals surface area contributed by atoms with Gasteiger partial charge in [-0.25, -0.2) is 0 Å². The lowest BCUT2D eigenvalue weighted by Gasteiger charge is -2.22. The van der Waals surface area contributed by atoms with Crippen LogP contribution in [-0.2, 0) is 6.42 Å². The molecule has 1 N–H and O–H groups in total. The number of phenolic OH excluding ortho intramolecular Hbond substituents is 1. The molecule has 0 bridgehead atoms. The van der Waals surface area contributed by atoms with Gasteiger partial charge < -0.3 is 9.84 Å². The summed E-state index contributed by atoms with van der Waals surface area (Å²) in [6, 6.07) is 10.3. The van der Waals surface area contributed by atoms with E-state index in [1.54, 1.807) is 0 Å². The van der Waals surface area contributed by atoms with E-state index in [1.165, 1.54) is 5.56 Å². The van der Waals surface area contributed by atoms with Gasteiger partial charge in [-0.1, -0.05) is 42.5 Å². The van der Waals surface area contributed by atoms with E-state index in [9.17, 15) is 5.11 Å². The molecule has 0 fully saturated rings. The van der Waals surface area contributed by atoms with Crippen molar-refractivity contribution < 1.29 is 9.84 Å². The minimum atomic E-state index is -0.247. The van der Waals surface area contributed by atoms with Crippen LogP contribution in [0.5, 0.6) is 11.5 Å². The summed E-state index contributed by atoms with van der Waals surface area (Å²) >= 11 is 0. The van der Waals surface area contributed by atoms with E-state index in [-0.39, 0.29) is 5.60 Å². The topological polar surface area (TPSA) is 29.5 Å². The van der Waals surface area contributed by atoms with E-state index in [1.807, 2.05) is 39.0 Å². The molecule has 120 valence electrons. The van der Waals surface area contributed by atoms with E-state index in [0.29, 0.717) is 5.75 Å². The molecule has 23 heavy (non-hydrogen) atoms. The van der Waals surface area contributed by atoms with Crippen LogP contribution in [0, 0.1) is 20.8 Å². The summed E-state index contributed by atoms with van der Waals surface area (Å²) in [6.45, 7) is 8.11. The quantitative estimate of drug-likeness (QED) is 0.853. The van der Waals surface area contributed by atoms with Crippen molar-refractivity contribution in [1.82, 2.24) is 0 Å². The zero-order chi connectivity index (χ0) is 16.6. The number of rotatable bonds is 3. The molecule has 0 saturated carbocycles. The van der Waals surface area contributed by atoms with Gasteiger partial charge in [0, 0.05) is 18.4 Å². The molecule has 2 heteroatoms.